The van der Waals surface area contributed by atoms with E-state index in [9.17, 15) is 22.8 Å². The SMILES string of the molecule is Cn1nc(N)c2c(-c3ccc(NC(=O)Nc4cccc(C(F)(F)F)c4)cc3)cc(C3CC(CC(=O)NC4CC4)C3(C)C)nc21. The minimum Gasteiger partial charge on any atom is -0.382 e. The van der Waals surface area contributed by atoms with Crippen molar-refractivity contribution in [2.75, 3.05) is 16.4 Å². The molecule has 44 heavy (non-hydrogen) atoms. The van der Waals surface area contributed by atoms with Crippen molar-refractivity contribution in [2.24, 2.45) is 18.4 Å². The van der Waals surface area contributed by atoms with Gasteiger partial charge in [0.1, 0.15) is 0 Å². The van der Waals surface area contributed by atoms with Crippen LogP contribution >= 0.6 is 0 Å². The van der Waals surface area contributed by atoms with Crippen molar-refractivity contribution >= 4 is 40.2 Å². The van der Waals surface area contributed by atoms with Crippen LogP contribution in [-0.2, 0) is 18.0 Å². The number of amides is 3. The third kappa shape index (κ3) is 5.80. The number of fused-ring (bicyclic) bond motifs is 1. The molecule has 0 spiro atoms. The number of hydrogen-bond donors (Lipinski definition) is 4. The summed E-state index contributed by atoms with van der Waals surface area (Å²) in [4.78, 5) is 30.0. The van der Waals surface area contributed by atoms with E-state index in [1.165, 1.54) is 12.1 Å². The van der Waals surface area contributed by atoms with Gasteiger partial charge in [-0.15, -0.1) is 0 Å². The van der Waals surface area contributed by atoms with E-state index in [1.54, 1.807) is 23.9 Å². The number of hydrogen-bond acceptors (Lipinski definition) is 5. The summed E-state index contributed by atoms with van der Waals surface area (Å²) in [6, 6.07) is 13.2. The Morgan fingerprint density at radius 1 is 1.05 bits per heavy atom. The molecule has 2 fully saturated rings. The van der Waals surface area contributed by atoms with Crippen molar-refractivity contribution in [1.82, 2.24) is 20.1 Å². The maximum absolute atomic E-state index is 13.0. The second-order valence-corrected chi connectivity index (χ2v) is 12.4. The van der Waals surface area contributed by atoms with E-state index in [4.69, 9.17) is 10.7 Å². The van der Waals surface area contributed by atoms with Gasteiger partial charge in [0.25, 0.3) is 0 Å². The molecule has 2 aliphatic rings. The molecule has 2 aromatic carbocycles. The van der Waals surface area contributed by atoms with Crippen LogP contribution in [0.1, 0.15) is 56.7 Å². The minimum atomic E-state index is -4.51. The lowest BCUT2D eigenvalue weighted by atomic mass is 9.52. The van der Waals surface area contributed by atoms with Crippen molar-refractivity contribution in [3.05, 3.63) is 65.9 Å². The third-order valence-corrected chi connectivity index (χ3v) is 8.94. The monoisotopic (exact) mass is 605 g/mol. The molecule has 12 heteroatoms. The molecular formula is C32H34F3N7O2. The third-order valence-electron chi connectivity index (χ3n) is 8.94. The van der Waals surface area contributed by atoms with Crippen LogP contribution in [0.4, 0.5) is 35.2 Å². The highest BCUT2D eigenvalue weighted by atomic mass is 19.4. The van der Waals surface area contributed by atoms with Crippen LogP contribution in [0.2, 0.25) is 0 Å². The van der Waals surface area contributed by atoms with Crippen LogP contribution in [0.3, 0.4) is 0 Å². The number of nitrogens with zero attached hydrogens (tertiary/aromatic N) is 3. The highest BCUT2D eigenvalue weighted by Gasteiger charge is 2.50. The number of nitrogens with two attached hydrogens (primary N) is 1. The Balaban J connectivity index is 1.21. The molecule has 5 N–H and O–H groups in total. The number of halogens is 3. The van der Waals surface area contributed by atoms with Crippen LogP contribution in [0, 0.1) is 11.3 Å². The fraction of sp³-hybridized carbons (Fsp3) is 0.375. The Morgan fingerprint density at radius 2 is 1.75 bits per heavy atom. The average molecular weight is 606 g/mol. The highest BCUT2D eigenvalue weighted by molar-refractivity contribution is 6.02. The number of urea groups is 1. The van der Waals surface area contributed by atoms with E-state index in [0.29, 0.717) is 29.6 Å². The number of rotatable bonds is 7. The molecule has 9 nitrogen and oxygen atoms in total. The van der Waals surface area contributed by atoms with Gasteiger partial charge in [0.15, 0.2) is 11.5 Å². The fourth-order valence-electron chi connectivity index (χ4n) is 6.11. The topological polar surface area (TPSA) is 127 Å². The van der Waals surface area contributed by atoms with Crippen molar-refractivity contribution in [1.29, 1.82) is 0 Å². The molecule has 2 atom stereocenters. The maximum Gasteiger partial charge on any atom is 0.416 e. The van der Waals surface area contributed by atoms with E-state index in [2.05, 4.69) is 34.9 Å². The first-order valence-corrected chi connectivity index (χ1v) is 14.6. The maximum atomic E-state index is 13.0. The van der Waals surface area contributed by atoms with Crippen LogP contribution < -0.4 is 21.7 Å². The van der Waals surface area contributed by atoms with E-state index in [-0.39, 0.29) is 28.8 Å². The molecule has 2 aliphatic carbocycles. The van der Waals surface area contributed by atoms with Crippen molar-refractivity contribution < 1.29 is 22.8 Å². The number of anilines is 3. The summed E-state index contributed by atoms with van der Waals surface area (Å²) in [5.41, 5.74) is 9.05. The van der Waals surface area contributed by atoms with Gasteiger partial charge < -0.3 is 21.7 Å². The summed E-state index contributed by atoms with van der Waals surface area (Å²) in [6.07, 6.45) is -1.04. The number of nitrogens with one attached hydrogen (secondary N) is 3. The zero-order valence-corrected chi connectivity index (χ0v) is 24.6. The smallest absolute Gasteiger partial charge is 0.382 e. The van der Waals surface area contributed by atoms with Gasteiger partial charge in [0.05, 0.1) is 10.9 Å². The Kier molecular flexibility index (Phi) is 7.25. The highest BCUT2D eigenvalue weighted by Crippen LogP contribution is 2.58. The summed E-state index contributed by atoms with van der Waals surface area (Å²) in [7, 11) is 1.80. The first kappa shape index (κ1) is 29.5. The molecular weight excluding hydrogens is 571 g/mol. The predicted octanol–water partition coefficient (Wildman–Crippen LogP) is 6.68. The lowest BCUT2D eigenvalue weighted by molar-refractivity contribution is -0.137. The molecule has 6 rings (SSSR count). The largest absolute Gasteiger partial charge is 0.416 e. The Labute approximate surface area is 252 Å². The van der Waals surface area contributed by atoms with Crippen LogP contribution in [0.5, 0.6) is 0 Å². The van der Waals surface area contributed by atoms with Crippen molar-refractivity contribution in [2.45, 2.75) is 57.7 Å². The number of benzene rings is 2. The number of carbonyl (C=O) groups is 2. The second kappa shape index (κ2) is 10.8. The molecule has 230 valence electrons. The number of pyridine rings is 1. The zero-order valence-electron chi connectivity index (χ0n) is 24.6. The number of aryl methyl sites for hydroxylation is 1. The van der Waals surface area contributed by atoms with Crippen LogP contribution in [-0.4, -0.2) is 32.7 Å². The van der Waals surface area contributed by atoms with Gasteiger partial charge in [-0.2, -0.15) is 18.3 Å². The van der Waals surface area contributed by atoms with Crippen molar-refractivity contribution in [3.63, 3.8) is 0 Å². The fourth-order valence-corrected chi connectivity index (χ4v) is 6.11. The van der Waals surface area contributed by atoms with Gasteiger partial charge in [0, 0.05) is 42.5 Å². The van der Waals surface area contributed by atoms with Gasteiger partial charge in [-0.05, 0) is 78.1 Å². The van der Waals surface area contributed by atoms with Crippen molar-refractivity contribution in [3.8, 4) is 11.1 Å². The summed E-state index contributed by atoms with van der Waals surface area (Å²) in [6.45, 7) is 4.37. The lowest BCUT2D eigenvalue weighted by Gasteiger charge is -2.52. The van der Waals surface area contributed by atoms with E-state index in [0.717, 1.165) is 53.6 Å². The molecule has 0 saturated heterocycles. The Morgan fingerprint density at radius 3 is 2.41 bits per heavy atom. The Hall–Kier alpha value is -4.61. The second-order valence-electron chi connectivity index (χ2n) is 12.4. The quantitative estimate of drug-likeness (QED) is 0.187. The van der Waals surface area contributed by atoms with Gasteiger partial charge in [0.2, 0.25) is 5.91 Å². The number of alkyl halides is 3. The number of nitrogen functional groups attached to an aromatic ring is 1. The van der Waals surface area contributed by atoms with Crippen LogP contribution in [0.15, 0.2) is 54.6 Å². The summed E-state index contributed by atoms with van der Waals surface area (Å²) < 4.78 is 40.7. The molecule has 3 amide bonds. The molecule has 2 unspecified atom stereocenters. The van der Waals surface area contributed by atoms with Gasteiger partial charge in [-0.1, -0.05) is 32.0 Å². The lowest BCUT2D eigenvalue weighted by Crippen LogP contribution is -2.45. The Bertz CT molecular complexity index is 1740. The molecule has 4 aromatic rings. The van der Waals surface area contributed by atoms with Gasteiger partial charge in [-0.25, -0.2) is 14.5 Å². The van der Waals surface area contributed by atoms with Crippen LogP contribution in [0.25, 0.3) is 22.2 Å². The minimum absolute atomic E-state index is 0.0254. The number of aromatic nitrogens is 3. The van der Waals surface area contributed by atoms with E-state index < -0.39 is 17.8 Å². The first-order valence-electron chi connectivity index (χ1n) is 14.6. The molecule has 2 aromatic heterocycles. The molecule has 2 saturated carbocycles. The standard InChI is InChI=1S/C32H34F3N7O2/c1-31(2)19(15-26(43)37-20-11-12-20)14-24(31)25-16-23(27-28(36)41-42(3)29(27)40-25)17-7-9-21(10-8-17)38-30(44)39-22-6-4-5-18(13-22)32(33,34)35/h4-10,13,16,19-20,24H,11-12,14-15H2,1-3H3,(H2,36,41)(H,37,43)(H2,38,39,44). The molecule has 0 bridgehead atoms. The van der Waals surface area contributed by atoms with Gasteiger partial charge >= 0.3 is 12.2 Å². The van der Waals surface area contributed by atoms with Gasteiger partial charge in [-0.3, -0.25) is 4.79 Å². The molecule has 0 aliphatic heterocycles. The normalized spacial score (nSPS) is 19.3. The first-order chi connectivity index (χ1) is 20.8. The summed E-state index contributed by atoms with van der Waals surface area (Å²) in [5.74, 6) is 0.851. The average Bonchev–Trinajstić information content (AvgIpc) is 3.73. The molecule has 0 radical (unpaired) electrons. The molecule has 2 heterocycles. The van der Waals surface area contributed by atoms with E-state index >= 15 is 0 Å². The number of carbonyl (C=O) groups excluding carboxylic acids is 2. The summed E-state index contributed by atoms with van der Waals surface area (Å²) in [5, 5.41) is 13.3. The summed E-state index contributed by atoms with van der Waals surface area (Å²) >= 11 is 0. The predicted molar refractivity (Wildman–Crippen MR) is 163 cm³/mol. The van der Waals surface area contributed by atoms with E-state index in [1.807, 2.05) is 18.2 Å². The zero-order chi connectivity index (χ0) is 31.4.